The number of nitrogens with one attached hydrogen (secondary N) is 1. The molecule has 112 valence electrons. The number of carbonyl (C=O) groups excluding carboxylic acids is 1. The number of methoxy groups -OCH3 is 1. The zero-order valence-electron chi connectivity index (χ0n) is 11.2. The Balaban J connectivity index is 2.91. The first-order chi connectivity index (χ1) is 9.24. The third kappa shape index (κ3) is 4.87. The third-order valence-corrected chi connectivity index (χ3v) is 3.49. The Morgan fingerprint density at radius 3 is 2.65 bits per heavy atom. The van der Waals surface area contributed by atoms with Crippen molar-refractivity contribution in [2.75, 3.05) is 13.7 Å². The highest BCUT2D eigenvalue weighted by Gasteiger charge is 2.16. The van der Waals surface area contributed by atoms with Crippen molar-refractivity contribution in [1.82, 2.24) is 5.32 Å². The van der Waals surface area contributed by atoms with Gasteiger partial charge in [0, 0.05) is 25.3 Å². The maximum atomic E-state index is 13.3. The van der Waals surface area contributed by atoms with Crippen LogP contribution in [0.3, 0.4) is 0 Å². The average molecular weight is 304 g/mol. The van der Waals surface area contributed by atoms with E-state index in [1.165, 1.54) is 0 Å². The van der Waals surface area contributed by atoms with Crippen LogP contribution < -0.4 is 10.5 Å². The maximum absolute atomic E-state index is 13.3. The van der Waals surface area contributed by atoms with E-state index in [2.05, 4.69) is 5.32 Å². The minimum atomic E-state index is -4.06. The molecule has 0 spiro atoms. The molecular formula is C12H17FN2O4S. The number of carbonyl (C=O) groups is 1. The Hall–Kier alpha value is -1.51. The molecule has 8 heteroatoms. The first kappa shape index (κ1) is 16.5. The minimum absolute atomic E-state index is 0.0988. The van der Waals surface area contributed by atoms with E-state index in [9.17, 15) is 17.6 Å². The quantitative estimate of drug-likeness (QED) is 0.805. The molecule has 20 heavy (non-hydrogen) atoms. The predicted octanol–water partition coefficient (Wildman–Crippen LogP) is 0.628. The van der Waals surface area contributed by atoms with Gasteiger partial charge >= 0.3 is 0 Å². The summed E-state index contributed by atoms with van der Waals surface area (Å²) in [6.45, 7) is 2.23. The number of ether oxygens (including phenoxy) is 1. The number of benzene rings is 1. The summed E-state index contributed by atoms with van der Waals surface area (Å²) in [7, 11) is -2.52. The second-order valence-electron chi connectivity index (χ2n) is 4.38. The topological polar surface area (TPSA) is 98.5 Å². The van der Waals surface area contributed by atoms with Gasteiger partial charge in [-0.2, -0.15) is 0 Å². The number of primary sulfonamides is 1. The third-order valence-electron chi connectivity index (χ3n) is 2.59. The van der Waals surface area contributed by atoms with E-state index < -0.39 is 26.6 Å². The van der Waals surface area contributed by atoms with Crippen LogP contribution in [-0.4, -0.2) is 34.1 Å². The number of halogens is 1. The number of nitrogens with two attached hydrogens (primary N) is 1. The number of hydrogen-bond donors (Lipinski definition) is 2. The van der Waals surface area contributed by atoms with Gasteiger partial charge in [-0.05, 0) is 31.5 Å². The highest BCUT2D eigenvalue weighted by atomic mass is 32.2. The molecule has 1 aromatic rings. The van der Waals surface area contributed by atoms with Gasteiger partial charge in [0.15, 0.2) is 0 Å². The fourth-order valence-electron chi connectivity index (χ4n) is 1.53. The second kappa shape index (κ2) is 6.78. The Morgan fingerprint density at radius 1 is 1.45 bits per heavy atom. The summed E-state index contributed by atoms with van der Waals surface area (Å²) in [6.07, 6.45) is 0.583. The van der Waals surface area contributed by atoms with Crippen molar-refractivity contribution < 1.29 is 22.3 Å². The molecule has 0 saturated carbocycles. The molecule has 0 heterocycles. The molecule has 3 N–H and O–H groups in total. The molecule has 1 rings (SSSR count). The van der Waals surface area contributed by atoms with Gasteiger partial charge in [0.25, 0.3) is 5.91 Å². The molecule has 1 amide bonds. The largest absolute Gasteiger partial charge is 0.385 e. The molecule has 1 atom stereocenters. The molecule has 0 bridgehead atoms. The second-order valence-corrected chi connectivity index (χ2v) is 5.94. The molecule has 0 aliphatic rings. The fourth-order valence-corrected chi connectivity index (χ4v) is 2.10. The van der Waals surface area contributed by atoms with Gasteiger partial charge in [-0.1, -0.05) is 0 Å². The lowest BCUT2D eigenvalue weighted by Gasteiger charge is -2.13. The van der Waals surface area contributed by atoms with Crippen LogP contribution in [0.5, 0.6) is 0 Å². The molecule has 0 radical (unpaired) electrons. The van der Waals surface area contributed by atoms with Crippen LogP contribution in [0, 0.1) is 5.82 Å². The Kier molecular flexibility index (Phi) is 5.61. The average Bonchev–Trinajstić information content (AvgIpc) is 2.34. The lowest BCUT2D eigenvalue weighted by molar-refractivity contribution is 0.0929. The molecule has 0 aromatic heterocycles. The van der Waals surface area contributed by atoms with Crippen molar-refractivity contribution in [3.05, 3.63) is 29.6 Å². The van der Waals surface area contributed by atoms with E-state index in [0.29, 0.717) is 13.0 Å². The summed E-state index contributed by atoms with van der Waals surface area (Å²) in [4.78, 5) is 11.5. The van der Waals surface area contributed by atoms with Gasteiger partial charge < -0.3 is 10.1 Å². The van der Waals surface area contributed by atoms with E-state index >= 15 is 0 Å². The summed E-state index contributed by atoms with van der Waals surface area (Å²) in [5.74, 6) is -1.41. The van der Waals surface area contributed by atoms with Crippen molar-refractivity contribution in [3.63, 3.8) is 0 Å². The Bertz CT molecular complexity index is 589. The monoisotopic (exact) mass is 304 g/mol. The molecule has 0 aliphatic carbocycles. The lowest BCUT2D eigenvalue weighted by Crippen LogP contribution is -2.33. The van der Waals surface area contributed by atoms with Crippen molar-refractivity contribution in [2.45, 2.75) is 24.3 Å². The standard InChI is InChI=1S/C12H17FN2O4S/c1-8(3-4-19-2)15-12(16)9-5-10(13)7-11(6-9)20(14,17)18/h5-8H,3-4H2,1-2H3,(H,15,16)(H2,14,17,18). The molecular weight excluding hydrogens is 287 g/mol. The van der Waals surface area contributed by atoms with Crippen molar-refractivity contribution >= 4 is 15.9 Å². The summed E-state index contributed by atoms with van der Waals surface area (Å²) >= 11 is 0. The van der Waals surface area contributed by atoms with Crippen LogP contribution in [0.1, 0.15) is 23.7 Å². The molecule has 1 unspecified atom stereocenters. The van der Waals surface area contributed by atoms with Gasteiger partial charge in [0.05, 0.1) is 4.90 Å². The zero-order valence-corrected chi connectivity index (χ0v) is 12.0. The van der Waals surface area contributed by atoms with Crippen LogP contribution >= 0.6 is 0 Å². The number of hydrogen-bond acceptors (Lipinski definition) is 4. The molecule has 1 aromatic carbocycles. The predicted molar refractivity (Wildman–Crippen MR) is 71.2 cm³/mol. The van der Waals surface area contributed by atoms with Crippen LogP contribution in [0.15, 0.2) is 23.1 Å². The molecule has 6 nitrogen and oxygen atoms in total. The van der Waals surface area contributed by atoms with Gasteiger partial charge in [-0.25, -0.2) is 17.9 Å². The van der Waals surface area contributed by atoms with E-state index in [1.54, 1.807) is 14.0 Å². The molecule has 0 aliphatic heterocycles. The number of sulfonamides is 1. The van der Waals surface area contributed by atoms with Crippen molar-refractivity contribution in [3.8, 4) is 0 Å². The lowest BCUT2D eigenvalue weighted by atomic mass is 10.1. The maximum Gasteiger partial charge on any atom is 0.251 e. The Labute approximate surface area is 117 Å². The summed E-state index contributed by atoms with van der Waals surface area (Å²) in [5, 5.41) is 7.53. The van der Waals surface area contributed by atoms with Crippen LogP contribution in [0.4, 0.5) is 4.39 Å². The van der Waals surface area contributed by atoms with E-state index in [-0.39, 0.29) is 11.6 Å². The van der Waals surface area contributed by atoms with Gasteiger partial charge in [0.1, 0.15) is 5.82 Å². The SMILES string of the molecule is COCCC(C)NC(=O)c1cc(F)cc(S(N)(=O)=O)c1. The molecule has 0 fully saturated rings. The number of amides is 1. The fraction of sp³-hybridized carbons (Fsp3) is 0.417. The summed E-state index contributed by atoms with van der Waals surface area (Å²) in [6, 6.07) is 2.56. The first-order valence-electron chi connectivity index (χ1n) is 5.87. The van der Waals surface area contributed by atoms with E-state index in [4.69, 9.17) is 9.88 Å². The first-order valence-corrected chi connectivity index (χ1v) is 7.42. The van der Waals surface area contributed by atoms with Gasteiger partial charge in [-0.3, -0.25) is 4.79 Å². The highest BCUT2D eigenvalue weighted by molar-refractivity contribution is 7.89. The van der Waals surface area contributed by atoms with E-state index in [0.717, 1.165) is 18.2 Å². The summed E-state index contributed by atoms with van der Waals surface area (Å²) in [5.41, 5.74) is -0.0988. The van der Waals surface area contributed by atoms with Crippen molar-refractivity contribution in [2.24, 2.45) is 5.14 Å². The van der Waals surface area contributed by atoms with E-state index in [1.807, 2.05) is 0 Å². The Morgan fingerprint density at radius 2 is 2.10 bits per heavy atom. The normalized spacial score (nSPS) is 13.0. The van der Waals surface area contributed by atoms with Crippen LogP contribution in [0.2, 0.25) is 0 Å². The zero-order chi connectivity index (χ0) is 15.3. The van der Waals surface area contributed by atoms with Crippen LogP contribution in [-0.2, 0) is 14.8 Å². The number of rotatable bonds is 6. The van der Waals surface area contributed by atoms with Crippen molar-refractivity contribution in [1.29, 1.82) is 0 Å². The van der Waals surface area contributed by atoms with Crippen LogP contribution in [0.25, 0.3) is 0 Å². The smallest absolute Gasteiger partial charge is 0.251 e. The minimum Gasteiger partial charge on any atom is -0.385 e. The summed E-state index contributed by atoms with van der Waals surface area (Å²) < 4.78 is 40.6. The van der Waals surface area contributed by atoms with Gasteiger partial charge in [0.2, 0.25) is 10.0 Å². The van der Waals surface area contributed by atoms with Gasteiger partial charge in [-0.15, -0.1) is 0 Å². The highest BCUT2D eigenvalue weighted by Crippen LogP contribution is 2.13. The molecule has 0 saturated heterocycles.